The minimum Gasteiger partial charge on any atom is -0.361 e. The van der Waals surface area contributed by atoms with E-state index in [2.05, 4.69) is 58.9 Å². The monoisotopic (exact) mass is 314 g/mol. The van der Waals surface area contributed by atoms with Crippen molar-refractivity contribution in [2.24, 2.45) is 4.99 Å². The molecule has 2 N–H and O–H groups in total. The topological polar surface area (TPSA) is 62.5 Å². The number of aliphatic imine (C=N–C) groups is 1. The first-order valence-corrected chi connectivity index (χ1v) is 8.09. The normalized spacial score (nSPS) is 11.6. The quantitative estimate of drug-likeness (QED) is 0.636. The molecule has 2 rings (SSSR count). The number of benzene rings is 1. The fourth-order valence-electron chi connectivity index (χ4n) is 2.37. The average molecular weight is 314 g/mol. The highest BCUT2D eigenvalue weighted by Gasteiger charge is 2.08. The van der Waals surface area contributed by atoms with Gasteiger partial charge >= 0.3 is 0 Å². The first-order chi connectivity index (χ1) is 11.1. The number of hydrogen-bond donors (Lipinski definition) is 2. The van der Waals surface area contributed by atoms with Gasteiger partial charge in [0.25, 0.3) is 0 Å². The van der Waals surface area contributed by atoms with Crippen LogP contribution in [0.2, 0.25) is 0 Å². The Bertz CT molecular complexity index is 624. The fourth-order valence-corrected chi connectivity index (χ4v) is 2.37. The third-order valence-corrected chi connectivity index (χ3v) is 3.73. The zero-order valence-corrected chi connectivity index (χ0v) is 14.4. The lowest BCUT2D eigenvalue weighted by Crippen LogP contribution is -2.38. The summed E-state index contributed by atoms with van der Waals surface area (Å²) in [6, 6.07) is 8.46. The summed E-state index contributed by atoms with van der Waals surface area (Å²) < 4.78 is 5.19. The molecule has 0 atom stereocenters. The number of guanidine groups is 1. The summed E-state index contributed by atoms with van der Waals surface area (Å²) in [5.41, 5.74) is 4.61. The Labute approximate surface area is 138 Å². The molecule has 2 aromatic rings. The maximum Gasteiger partial charge on any atom is 0.191 e. The highest BCUT2D eigenvalue weighted by molar-refractivity contribution is 5.79. The Hall–Kier alpha value is -2.30. The summed E-state index contributed by atoms with van der Waals surface area (Å²) in [7, 11) is 0. The maximum atomic E-state index is 5.19. The first kappa shape index (κ1) is 17.1. The molecule has 124 valence electrons. The number of nitrogens with one attached hydrogen (secondary N) is 2. The molecular formula is C18H26N4O. The summed E-state index contributed by atoms with van der Waals surface area (Å²) in [6.07, 6.45) is 0.871. The van der Waals surface area contributed by atoms with Crippen LogP contribution in [-0.2, 0) is 13.0 Å². The number of hydrogen-bond acceptors (Lipinski definition) is 3. The van der Waals surface area contributed by atoms with Crippen LogP contribution in [0, 0.1) is 20.8 Å². The standard InChI is InChI=1S/C18H26N4O/c1-5-19-18(21-12-16-8-6-13(2)7-9-16)20-11-10-17-14(3)22-23-15(17)4/h6-9H,5,10-12H2,1-4H3,(H2,19,20,21). The lowest BCUT2D eigenvalue weighted by molar-refractivity contribution is 0.392. The van der Waals surface area contributed by atoms with Crippen molar-refractivity contribution in [3.05, 3.63) is 52.4 Å². The Morgan fingerprint density at radius 1 is 1.13 bits per heavy atom. The van der Waals surface area contributed by atoms with Crippen LogP contribution in [0.15, 0.2) is 33.8 Å². The second-order valence-electron chi connectivity index (χ2n) is 5.66. The first-order valence-electron chi connectivity index (χ1n) is 8.09. The highest BCUT2D eigenvalue weighted by Crippen LogP contribution is 2.12. The van der Waals surface area contributed by atoms with Crippen molar-refractivity contribution in [1.82, 2.24) is 15.8 Å². The number of aryl methyl sites for hydroxylation is 3. The van der Waals surface area contributed by atoms with Crippen LogP contribution in [0.3, 0.4) is 0 Å². The largest absolute Gasteiger partial charge is 0.361 e. The van der Waals surface area contributed by atoms with E-state index in [1.807, 2.05) is 13.8 Å². The van der Waals surface area contributed by atoms with E-state index >= 15 is 0 Å². The molecule has 0 saturated heterocycles. The van der Waals surface area contributed by atoms with Gasteiger partial charge in [-0.25, -0.2) is 4.99 Å². The Morgan fingerprint density at radius 2 is 1.87 bits per heavy atom. The zero-order valence-electron chi connectivity index (χ0n) is 14.4. The van der Waals surface area contributed by atoms with Crippen molar-refractivity contribution in [3.8, 4) is 0 Å². The van der Waals surface area contributed by atoms with E-state index in [1.165, 1.54) is 16.7 Å². The lowest BCUT2D eigenvalue weighted by atomic mass is 10.1. The van der Waals surface area contributed by atoms with Gasteiger partial charge in [0.1, 0.15) is 5.76 Å². The third-order valence-electron chi connectivity index (χ3n) is 3.73. The minimum atomic E-state index is 0.668. The SMILES string of the molecule is CCNC(=NCc1ccc(C)cc1)NCCc1c(C)noc1C. The molecule has 0 aliphatic heterocycles. The van der Waals surface area contributed by atoms with Crippen LogP contribution in [0.5, 0.6) is 0 Å². The van der Waals surface area contributed by atoms with E-state index in [4.69, 9.17) is 4.52 Å². The van der Waals surface area contributed by atoms with Gasteiger partial charge in [0, 0.05) is 18.7 Å². The molecule has 0 fully saturated rings. The Balaban J connectivity index is 1.90. The molecule has 0 aliphatic rings. The van der Waals surface area contributed by atoms with Crippen molar-refractivity contribution in [2.75, 3.05) is 13.1 Å². The van der Waals surface area contributed by atoms with Crippen molar-refractivity contribution in [1.29, 1.82) is 0 Å². The molecule has 0 unspecified atom stereocenters. The summed E-state index contributed by atoms with van der Waals surface area (Å²) in [4.78, 5) is 4.63. The molecule has 5 heteroatoms. The van der Waals surface area contributed by atoms with E-state index in [0.29, 0.717) is 6.54 Å². The van der Waals surface area contributed by atoms with Gasteiger partial charge in [-0.2, -0.15) is 0 Å². The van der Waals surface area contributed by atoms with E-state index in [0.717, 1.165) is 36.9 Å². The number of rotatable bonds is 6. The van der Waals surface area contributed by atoms with Crippen LogP contribution < -0.4 is 10.6 Å². The van der Waals surface area contributed by atoms with Gasteiger partial charge in [-0.15, -0.1) is 0 Å². The van der Waals surface area contributed by atoms with E-state index in [1.54, 1.807) is 0 Å². The second kappa shape index (κ2) is 8.36. The van der Waals surface area contributed by atoms with E-state index < -0.39 is 0 Å². The number of nitrogens with zero attached hydrogens (tertiary/aromatic N) is 2. The molecule has 1 aromatic heterocycles. The summed E-state index contributed by atoms with van der Waals surface area (Å²) in [5, 5.41) is 10.6. The molecular weight excluding hydrogens is 288 g/mol. The molecule has 0 saturated carbocycles. The Morgan fingerprint density at radius 3 is 2.48 bits per heavy atom. The van der Waals surface area contributed by atoms with Crippen molar-refractivity contribution >= 4 is 5.96 Å². The minimum absolute atomic E-state index is 0.668. The van der Waals surface area contributed by atoms with Gasteiger partial charge in [-0.3, -0.25) is 0 Å². The average Bonchev–Trinajstić information content (AvgIpc) is 2.86. The maximum absolute atomic E-state index is 5.19. The van der Waals surface area contributed by atoms with Crippen molar-refractivity contribution < 1.29 is 4.52 Å². The van der Waals surface area contributed by atoms with Crippen LogP contribution in [0.25, 0.3) is 0 Å². The second-order valence-corrected chi connectivity index (χ2v) is 5.66. The molecule has 1 aromatic carbocycles. The molecule has 23 heavy (non-hydrogen) atoms. The zero-order chi connectivity index (χ0) is 16.7. The van der Waals surface area contributed by atoms with Gasteiger partial charge in [-0.1, -0.05) is 35.0 Å². The molecule has 0 aliphatic carbocycles. The summed E-state index contributed by atoms with van der Waals surface area (Å²) >= 11 is 0. The van der Waals surface area contributed by atoms with Crippen LogP contribution >= 0.6 is 0 Å². The van der Waals surface area contributed by atoms with Gasteiger partial charge in [-0.05, 0) is 39.7 Å². The van der Waals surface area contributed by atoms with Gasteiger partial charge in [0.15, 0.2) is 5.96 Å². The lowest BCUT2D eigenvalue weighted by Gasteiger charge is -2.11. The molecule has 5 nitrogen and oxygen atoms in total. The highest BCUT2D eigenvalue weighted by atomic mass is 16.5. The molecule has 0 bridgehead atoms. The van der Waals surface area contributed by atoms with E-state index in [-0.39, 0.29) is 0 Å². The van der Waals surface area contributed by atoms with Crippen LogP contribution in [-0.4, -0.2) is 24.2 Å². The van der Waals surface area contributed by atoms with Crippen LogP contribution in [0.1, 0.15) is 35.1 Å². The number of aromatic nitrogens is 1. The third kappa shape index (κ3) is 5.13. The summed E-state index contributed by atoms with van der Waals surface area (Å²) in [6.45, 7) is 10.4. The van der Waals surface area contributed by atoms with Crippen LogP contribution in [0.4, 0.5) is 0 Å². The van der Waals surface area contributed by atoms with Gasteiger partial charge in [0.2, 0.25) is 0 Å². The molecule has 0 amide bonds. The molecule has 1 heterocycles. The summed E-state index contributed by atoms with van der Waals surface area (Å²) in [5.74, 6) is 1.73. The predicted molar refractivity (Wildman–Crippen MR) is 93.7 cm³/mol. The predicted octanol–water partition coefficient (Wildman–Crippen LogP) is 2.90. The molecule has 0 radical (unpaired) electrons. The molecule has 0 spiro atoms. The van der Waals surface area contributed by atoms with Crippen molar-refractivity contribution in [2.45, 2.75) is 40.7 Å². The Kier molecular flexibility index (Phi) is 6.20. The van der Waals surface area contributed by atoms with E-state index in [9.17, 15) is 0 Å². The van der Waals surface area contributed by atoms with Crippen molar-refractivity contribution in [3.63, 3.8) is 0 Å². The van der Waals surface area contributed by atoms with Gasteiger partial charge in [0.05, 0.1) is 12.2 Å². The smallest absolute Gasteiger partial charge is 0.191 e. The van der Waals surface area contributed by atoms with Gasteiger partial charge < -0.3 is 15.2 Å². The fraction of sp³-hybridized carbons (Fsp3) is 0.444.